The number of hydrogen-bond acceptors (Lipinski definition) is 0. The van der Waals surface area contributed by atoms with Gasteiger partial charge in [0.15, 0.2) is 0 Å². The zero-order chi connectivity index (χ0) is 11.7. The molecule has 0 saturated carbocycles. The minimum Gasteiger partial charge on any atom is -0.102 e. The van der Waals surface area contributed by atoms with E-state index >= 15 is 0 Å². The predicted octanol–water partition coefficient (Wildman–Crippen LogP) is 4.49. The van der Waals surface area contributed by atoms with Gasteiger partial charge in [0, 0.05) is 11.8 Å². The van der Waals surface area contributed by atoms with Crippen LogP contribution in [0.4, 0.5) is 0 Å². The number of fused-ring (bicyclic) bond motifs is 1. The van der Waals surface area contributed by atoms with E-state index in [2.05, 4.69) is 67.3 Å². The summed E-state index contributed by atoms with van der Waals surface area (Å²) in [4.78, 5) is 0. The molecule has 2 aromatic rings. The summed E-state index contributed by atoms with van der Waals surface area (Å²) in [7, 11) is 0. The molecule has 2 atom stereocenters. The minimum absolute atomic E-state index is 0.511. The van der Waals surface area contributed by atoms with Crippen LogP contribution in [0.25, 0.3) is 0 Å². The first kappa shape index (κ1) is 10.3. The van der Waals surface area contributed by atoms with Crippen molar-refractivity contribution in [1.29, 1.82) is 0 Å². The van der Waals surface area contributed by atoms with Crippen LogP contribution in [0.15, 0.2) is 67.3 Å². The lowest BCUT2D eigenvalue weighted by molar-refractivity contribution is 0.732. The zero-order valence-electron chi connectivity index (χ0n) is 9.84. The van der Waals surface area contributed by atoms with Gasteiger partial charge in [-0.2, -0.15) is 0 Å². The lowest BCUT2D eigenvalue weighted by Crippen LogP contribution is -1.95. The molecule has 0 heterocycles. The fraction of sp³-hybridized carbons (Fsp3) is 0.176. The Kier molecular flexibility index (Phi) is 2.56. The monoisotopic (exact) mass is 220 g/mol. The molecule has 0 saturated heterocycles. The molecule has 0 aliphatic heterocycles. The van der Waals surface area contributed by atoms with Gasteiger partial charge in [0.2, 0.25) is 0 Å². The maximum atomic E-state index is 3.97. The number of rotatable bonds is 2. The Bertz CT molecular complexity index is 525. The summed E-state index contributed by atoms with van der Waals surface area (Å²) in [6.07, 6.45) is 3.24. The van der Waals surface area contributed by atoms with Crippen molar-refractivity contribution in [3.05, 3.63) is 83.9 Å². The normalized spacial score (nSPS) is 22.1. The van der Waals surface area contributed by atoms with Gasteiger partial charge in [-0.15, -0.1) is 6.58 Å². The molecule has 3 rings (SSSR count). The van der Waals surface area contributed by atoms with Crippen LogP contribution in [-0.2, 0) is 0 Å². The van der Waals surface area contributed by atoms with Gasteiger partial charge in [-0.1, -0.05) is 60.7 Å². The molecule has 84 valence electrons. The van der Waals surface area contributed by atoms with Gasteiger partial charge in [-0.05, 0) is 23.1 Å². The Morgan fingerprint density at radius 2 is 1.53 bits per heavy atom. The molecular weight excluding hydrogens is 204 g/mol. The fourth-order valence-electron chi connectivity index (χ4n) is 2.90. The van der Waals surface area contributed by atoms with E-state index in [-0.39, 0.29) is 0 Å². The summed E-state index contributed by atoms with van der Waals surface area (Å²) in [5, 5.41) is 0. The van der Waals surface area contributed by atoms with E-state index in [0.29, 0.717) is 11.8 Å². The second-order valence-corrected chi connectivity index (χ2v) is 4.67. The Hall–Kier alpha value is -1.82. The quantitative estimate of drug-likeness (QED) is 0.654. The van der Waals surface area contributed by atoms with Crippen molar-refractivity contribution in [2.24, 2.45) is 0 Å². The Morgan fingerprint density at radius 1 is 0.882 bits per heavy atom. The average molecular weight is 220 g/mol. The highest BCUT2D eigenvalue weighted by Crippen LogP contribution is 2.45. The van der Waals surface area contributed by atoms with Crippen LogP contribution in [0.3, 0.4) is 0 Å². The second-order valence-electron chi connectivity index (χ2n) is 4.67. The largest absolute Gasteiger partial charge is 0.102 e. The van der Waals surface area contributed by atoms with E-state index in [1.165, 1.54) is 16.7 Å². The van der Waals surface area contributed by atoms with Gasteiger partial charge in [0.25, 0.3) is 0 Å². The topological polar surface area (TPSA) is 0 Å². The third-order valence-corrected chi connectivity index (χ3v) is 3.75. The Balaban J connectivity index is 2.08. The molecule has 0 nitrogen and oxygen atoms in total. The van der Waals surface area contributed by atoms with Crippen molar-refractivity contribution in [1.82, 2.24) is 0 Å². The first-order valence-electron chi connectivity index (χ1n) is 6.16. The Morgan fingerprint density at radius 3 is 2.24 bits per heavy atom. The van der Waals surface area contributed by atoms with Gasteiger partial charge in [0.05, 0.1) is 0 Å². The summed E-state index contributed by atoms with van der Waals surface area (Å²) in [6.45, 7) is 3.97. The van der Waals surface area contributed by atoms with Gasteiger partial charge >= 0.3 is 0 Å². The maximum absolute atomic E-state index is 3.97. The van der Waals surface area contributed by atoms with Crippen molar-refractivity contribution < 1.29 is 0 Å². The second kappa shape index (κ2) is 4.21. The summed E-state index contributed by atoms with van der Waals surface area (Å²) < 4.78 is 0. The molecule has 17 heavy (non-hydrogen) atoms. The molecular formula is C17H16. The van der Waals surface area contributed by atoms with Crippen LogP contribution in [0.1, 0.15) is 34.9 Å². The van der Waals surface area contributed by atoms with Crippen LogP contribution in [-0.4, -0.2) is 0 Å². The van der Waals surface area contributed by atoms with Gasteiger partial charge in [-0.3, -0.25) is 0 Å². The minimum atomic E-state index is 0.511. The molecule has 0 spiro atoms. The van der Waals surface area contributed by atoms with Crippen molar-refractivity contribution in [2.45, 2.75) is 18.3 Å². The summed E-state index contributed by atoms with van der Waals surface area (Å²) in [6, 6.07) is 19.6. The molecule has 0 amide bonds. The zero-order valence-corrected chi connectivity index (χ0v) is 9.84. The van der Waals surface area contributed by atoms with Gasteiger partial charge in [0.1, 0.15) is 0 Å². The van der Waals surface area contributed by atoms with Gasteiger partial charge in [-0.25, -0.2) is 0 Å². The summed E-state index contributed by atoms with van der Waals surface area (Å²) in [5.41, 5.74) is 4.35. The number of allylic oxidation sites excluding steroid dienone is 1. The van der Waals surface area contributed by atoms with Crippen molar-refractivity contribution in [3.63, 3.8) is 0 Å². The van der Waals surface area contributed by atoms with Crippen LogP contribution >= 0.6 is 0 Å². The predicted molar refractivity (Wildman–Crippen MR) is 72.3 cm³/mol. The molecule has 0 heteroatoms. The van der Waals surface area contributed by atoms with E-state index in [9.17, 15) is 0 Å². The third-order valence-electron chi connectivity index (χ3n) is 3.75. The van der Waals surface area contributed by atoms with Crippen molar-refractivity contribution in [3.8, 4) is 0 Å². The summed E-state index contributed by atoms with van der Waals surface area (Å²) in [5.74, 6) is 1.05. The molecule has 1 aliphatic carbocycles. The van der Waals surface area contributed by atoms with Crippen LogP contribution in [0, 0.1) is 0 Å². The van der Waals surface area contributed by atoms with Gasteiger partial charge < -0.3 is 0 Å². The lowest BCUT2D eigenvalue weighted by atomic mass is 9.93. The first-order chi connectivity index (χ1) is 8.40. The van der Waals surface area contributed by atoms with Crippen molar-refractivity contribution >= 4 is 0 Å². The van der Waals surface area contributed by atoms with E-state index in [0.717, 1.165) is 6.42 Å². The highest BCUT2D eigenvalue weighted by atomic mass is 14.3. The van der Waals surface area contributed by atoms with Crippen LogP contribution in [0.5, 0.6) is 0 Å². The molecule has 0 fully saturated rings. The molecule has 0 aromatic heterocycles. The molecule has 2 unspecified atom stereocenters. The maximum Gasteiger partial charge on any atom is 0.0101 e. The molecule has 2 aromatic carbocycles. The fourth-order valence-corrected chi connectivity index (χ4v) is 2.90. The average Bonchev–Trinajstić information content (AvgIpc) is 2.78. The standard InChI is InChI=1S/C17H16/c1-2-13-12-17(14-8-4-3-5-9-14)16-11-7-6-10-15(13)16/h2-11,13,17H,1,12H2. The molecule has 0 N–H and O–H groups in total. The number of hydrogen-bond donors (Lipinski definition) is 0. The highest BCUT2D eigenvalue weighted by molar-refractivity contribution is 5.46. The van der Waals surface area contributed by atoms with E-state index < -0.39 is 0 Å². The van der Waals surface area contributed by atoms with E-state index in [1.807, 2.05) is 0 Å². The van der Waals surface area contributed by atoms with Crippen molar-refractivity contribution in [2.75, 3.05) is 0 Å². The van der Waals surface area contributed by atoms with Crippen LogP contribution < -0.4 is 0 Å². The number of benzene rings is 2. The first-order valence-corrected chi connectivity index (χ1v) is 6.16. The SMILES string of the molecule is C=CC1CC(c2ccccc2)c2ccccc21. The van der Waals surface area contributed by atoms with E-state index in [1.54, 1.807) is 0 Å². The highest BCUT2D eigenvalue weighted by Gasteiger charge is 2.29. The smallest absolute Gasteiger partial charge is 0.0101 e. The van der Waals surface area contributed by atoms with E-state index in [4.69, 9.17) is 0 Å². The molecule has 1 aliphatic rings. The molecule has 0 radical (unpaired) electrons. The third kappa shape index (κ3) is 1.70. The summed E-state index contributed by atoms with van der Waals surface area (Å²) >= 11 is 0. The lowest BCUT2D eigenvalue weighted by Gasteiger charge is -2.11. The Labute approximate surface area is 103 Å². The molecule has 0 bridgehead atoms. The van der Waals surface area contributed by atoms with Crippen LogP contribution in [0.2, 0.25) is 0 Å².